The van der Waals surface area contributed by atoms with Crippen LogP contribution in [0.1, 0.15) is 12.8 Å². The molecular weight excluding hydrogens is 322 g/mol. The molecule has 0 unspecified atom stereocenters. The van der Waals surface area contributed by atoms with Crippen molar-refractivity contribution in [3.05, 3.63) is 0 Å². The Morgan fingerprint density at radius 3 is 1.59 bits per heavy atom. The first-order valence-corrected chi connectivity index (χ1v) is 5.46. The molecule has 0 aliphatic carbocycles. The zero-order chi connectivity index (χ0) is 15.8. The van der Waals surface area contributed by atoms with Crippen LogP contribution in [0.15, 0.2) is 0 Å². The van der Waals surface area contributed by atoms with Gasteiger partial charge in [-0.2, -0.15) is 0 Å². The van der Waals surface area contributed by atoms with Crippen molar-refractivity contribution >= 4 is 23.9 Å². The van der Waals surface area contributed by atoms with E-state index in [1.807, 2.05) is 0 Å². The minimum atomic E-state index is -1.66. The van der Waals surface area contributed by atoms with Crippen LogP contribution in [0.5, 0.6) is 0 Å². The SMILES string of the molecule is O=C([O-])CNCC(CC(=O)O)(CC(=O)O)NCC(=O)[O-].[Na+].[Na+]. The van der Waals surface area contributed by atoms with Gasteiger partial charge < -0.3 is 40.6 Å². The largest absolute Gasteiger partial charge is 1.00 e. The number of hydrogen-bond acceptors (Lipinski definition) is 8. The van der Waals surface area contributed by atoms with E-state index < -0.39 is 55.3 Å². The topological polar surface area (TPSA) is 179 Å². The van der Waals surface area contributed by atoms with Crippen LogP contribution in [0.25, 0.3) is 0 Å². The number of carbonyl (C=O) groups is 4. The van der Waals surface area contributed by atoms with Crippen molar-refractivity contribution in [3.63, 3.8) is 0 Å². The fourth-order valence-electron chi connectivity index (χ4n) is 1.62. The number of rotatable bonds is 11. The van der Waals surface area contributed by atoms with E-state index >= 15 is 0 Å². The molecule has 0 aliphatic rings. The van der Waals surface area contributed by atoms with Gasteiger partial charge in [0.25, 0.3) is 0 Å². The van der Waals surface area contributed by atoms with Crippen LogP contribution in [0.4, 0.5) is 0 Å². The number of hydrogen-bond donors (Lipinski definition) is 4. The Morgan fingerprint density at radius 2 is 1.27 bits per heavy atom. The Labute approximate surface area is 170 Å². The molecule has 0 heterocycles. The van der Waals surface area contributed by atoms with Crippen molar-refractivity contribution in [2.75, 3.05) is 19.6 Å². The molecule has 10 nitrogen and oxygen atoms in total. The number of carboxylic acids is 4. The van der Waals surface area contributed by atoms with Crippen LogP contribution < -0.4 is 80.0 Å². The molecular formula is C10H14N2Na2O8. The van der Waals surface area contributed by atoms with Crippen LogP contribution >= 0.6 is 0 Å². The van der Waals surface area contributed by atoms with Gasteiger partial charge in [0.2, 0.25) is 0 Å². The van der Waals surface area contributed by atoms with Gasteiger partial charge in [0.1, 0.15) is 0 Å². The Balaban J connectivity index is -0.00000180. The maximum Gasteiger partial charge on any atom is 1.00 e. The summed E-state index contributed by atoms with van der Waals surface area (Å²) in [4.78, 5) is 42.2. The van der Waals surface area contributed by atoms with Gasteiger partial charge in [0, 0.05) is 19.6 Å². The maximum atomic E-state index is 10.8. The van der Waals surface area contributed by atoms with Crippen molar-refractivity contribution in [3.8, 4) is 0 Å². The quantitative estimate of drug-likeness (QED) is 0.265. The fraction of sp³-hybridized carbons (Fsp3) is 0.600. The number of nitrogens with one attached hydrogen (secondary N) is 2. The predicted molar refractivity (Wildman–Crippen MR) is 58.1 cm³/mol. The number of carboxylic acid groups (broad SMARTS) is 4. The van der Waals surface area contributed by atoms with Gasteiger partial charge in [-0.1, -0.05) is 0 Å². The summed E-state index contributed by atoms with van der Waals surface area (Å²) in [7, 11) is 0. The molecule has 0 saturated carbocycles. The van der Waals surface area contributed by atoms with Crippen molar-refractivity contribution in [1.82, 2.24) is 10.6 Å². The Bertz CT molecular complexity index is 388. The maximum absolute atomic E-state index is 10.8. The molecule has 0 aliphatic heterocycles. The Hall–Kier alpha value is -0.200. The standard InChI is InChI=1S/C10H16N2O8.2Na/c13-6(14)1-10(2-7(15)16,12-4-9(19)20)5-11-3-8(17)18;;/h11-12H,1-5H2,(H,13,14)(H,15,16)(H,17,18)(H,19,20);;/q;2*+1/p-2. The molecule has 0 fully saturated rings. The van der Waals surface area contributed by atoms with E-state index in [-0.39, 0.29) is 65.7 Å². The molecule has 0 atom stereocenters. The van der Waals surface area contributed by atoms with Crippen LogP contribution in [-0.4, -0.2) is 59.3 Å². The van der Waals surface area contributed by atoms with Gasteiger partial charge in [-0.05, 0) is 0 Å². The Kier molecular flexibility index (Phi) is 16.1. The third kappa shape index (κ3) is 13.5. The van der Waals surface area contributed by atoms with Gasteiger partial charge in [0.05, 0.1) is 30.3 Å². The molecule has 12 heteroatoms. The third-order valence-corrected chi connectivity index (χ3v) is 2.32. The first-order chi connectivity index (χ1) is 9.17. The molecule has 22 heavy (non-hydrogen) atoms. The van der Waals surface area contributed by atoms with Crippen molar-refractivity contribution in [2.24, 2.45) is 0 Å². The zero-order valence-electron chi connectivity index (χ0n) is 12.4. The third-order valence-electron chi connectivity index (χ3n) is 2.32. The molecule has 0 bridgehead atoms. The summed E-state index contributed by atoms with van der Waals surface area (Å²) in [6, 6.07) is 0. The fourth-order valence-corrected chi connectivity index (χ4v) is 1.62. The summed E-state index contributed by atoms with van der Waals surface area (Å²) in [6.07, 6.45) is -1.43. The molecule has 0 aromatic rings. The second-order valence-electron chi connectivity index (χ2n) is 4.12. The molecule has 0 saturated heterocycles. The summed E-state index contributed by atoms with van der Waals surface area (Å²) < 4.78 is 0. The molecule has 0 aromatic heterocycles. The summed E-state index contributed by atoms with van der Waals surface area (Å²) >= 11 is 0. The van der Waals surface area contributed by atoms with Gasteiger partial charge in [-0.25, -0.2) is 0 Å². The van der Waals surface area contributed by atoms with E-state index in [0.29, 0.717) is 0 Å². The summed E-state index contributed by atoms with van der Waals surface area (Å²) in [5.41, 5.74) is -1.66. The van der Waals surface area contributed by atoms with E-state index in [9.17, 15) is 29.4 Å². The van der Waals surface area contributed by atoms with Crippen LogP contribution in [-0.2, 0) is 19.2 Å². The molecule has 0 amide bonds. The average Bonchev–Trinajstić information content (AvgIpc) is 2.24. The first kappa shape index (κ1) is 26.7. The zero-order valence-corrected chi connectivity index (χ0v) is 16.4. The van der Waals surface area contributed by atoms with Crippen LogP contribution in [0.3, 0.4) is 0 Å². The smallest absolute Gasteiger partial charge is 0.549 e. The molecule has 0 aromatic carbocycles. The molecule has 0 radical (unpaired) electrons. The normalized spacial score (nSPS) is 10.0. The van der Waals surface area contributed by atoms with E-state index in [1.54, 1.807) is 0 Å². The summed E-state index contributed by atoms with van der Waals surface area (Å²) in [5.74, 6) is -5.76. The minimum Gasteiger partial charge on any atom is -0.549 e. The Morgan fingerprint density at radius 1 is 0.864 bits per heavy atom. The van der Waals surface area contributed by atoms with Gasteiger partial charge >= 0.3 is 71.1 Å². The van der Waals surface area contributed by atoms with Gasteiger partial charge in [-0.3, -0.25) is 9.59 Å². The molecule has 0 rings (SSSR count). The van der Waals surface area contributed by atoms with E-state index in [0.717, 1.165) is 0 Å². The van der Waals surface area contributed by atoms with Crippen LogP contribution in [0, 0.1) is 0 Å². The first-order valence-electron chi connectivity index (χ1n) is 5.46. The van der Waals surface area contributed by atoms with Crippen molar-refractivity contribution < 1.29 is 98.7 Å². The number of carbonyl (C=O) groups excluding carboxylic acids is 2. The molecule has 0 spiro atoms. The van der Waals surface area contributed by atoms with E-state index in [4.69, 9.17) is 10.2 Å². The average molecular weight is 336 g/mol. The molecule has 4 N–H and O–H groups in total. The predicted octanol–water partition coefficient (Wildman–Crippen LogP) is -10.6. The number of aliphatic carboxylic acids is 4. The van der Waals surface area contributed by atoms with Crippen molar-refractivity contribution in [1.29, 1.82) is 0 Å². The second kappa shape index (κ2) is 13.3. The van der Waals surface area contributed by atoms with Crippen LogP contribution in [0.2, 0.25) is 0 Å². The van der Waals surface area contributed by atoms with E-state index in [2.05, 4.69) is 10.6 Å². The monoisotopic (exact) mass is 336 g/mol. The second-order valence-corrected chi connectivity index (χ2v) is 4.12. The van der Waals surface area contributed by atoms with Gasteiger partial charge in [0.15, 0.2) is 0 Å². The van der Waals surface area contributed by atoms with Gasteiger partial charge in [-0.15, -0.1) is 0 Å². The van der Waals surface area contributed by atoms with E-state index in [1.165, 1.54) is 0 Å². The van der Waals surface area contributed by atoms with Crippen molar-refractivity contribution in [2.45, 2.75) is 18.4 Å². The minimum absolute atomic E-state index is 0. The summed E-state index contributed by atoms with van der Waals surface area (Å²) in [6.45, 7) is -1.78. The molecule has 114 valence electrons. The summed E-state index contributed by atoms with van der Waals surface area (Å²) in [5, 5.41) is 42.8.